The molecule has 0 fully saturated rings. The maximum absolute atomic E-state index is 6.05. The van der Waals surface area contributed by atoms with E-state index in [9.17, 15) is 0 Å². The third-order valence-corrected chi connectivity index (χ3v) is 3.05. The Morgan fingerprint density at radius 3 is 2.80 bits per heavy atom. The Hall–Kier alpha value is -0.680. The highest BCUT2D eigenvalue weighted by Crippen LogP contribution is 2.30. The standard InChI is InChI=1S/C12H13Cl2N/c1-2-3-4-8-11(15)9-6-5-7-10(13)12(9)14/h1,5-7,11H,3-4,8,15H2. The lowest BCUT2D eigenvalue weighted by atomic mass is 10.0. The SMILES string of the molecule is C#CCCCC(N)c1cccc(Cl)c1Cl. The van der Waals surface area contributed by atoms with Gasteiger partial charge >= 0.3 is 0 Å². The fourth-order valence-electron chi connectivity index (χ4n) is 1.39. The quantitative estimate of drug-likeness (QED) is 0.630. The van der Waals surface area contributed by atoms with Crippen LogP contribution >= 0.6 is 23.2 Å². The fraction of sp³-hybridized carbons (Fsp3) is 0.333. The summed E-state index contributed by atoms with van der Waals surface area (Å²) in [5.41, 5.74) is 6.88. The highest BCUT2D eigenvalue weighted by molar-refractivity contribution is 6.42. The van der Waals surface area contributed by atoms with Gasteiger partial charge in [0.05, 0.1) is 10.0 Å². The van der Waals surface area contributed by atoms with Crippen LogP contribution in [0.4, 0.5) is 0 Å². The van der Waals surface area contributed by atoms with Gasteiger partial charge in [0, 0.05) is 12.5 Å². The van der Waals surface area contributed by atoms with Crippen molar-refractivity contribution in [2.24, 2.45) is 5.73 Å². The number of halogens is 2. The highest BCUT2D eigenvalue weighted by atomic mass is 35.5. The molecule has 0 aliphatic carbocycles. The molecule has 1 atom stereocenters. The van der Waals surface area contributed by atoms with Crippen molar-refractivity contribution in [1.82, 2.24) is 0 Å². The lowest BCUT2D eigenvalue weighted by Crippen LogP contribution is -2.10. The van der Waals surface area contributed by atoms with E-state index in [4.69, 9.17) is 35.4 Å². The molecule has 0 saturated heterocycles. The number of terminal acetylenes is 1. The van der Waals surface area contributed by atoms with Crippen LogP contribution in [0.1, 0.15) is 30.9 Å². The summed E-state index contributed by atoms with van der Waals surface area (Å²) in [6.45, 7) is 0. The average molecular weight is 242 g/mol. The predicted molar refractivity (Wildman–Crippen MR) is 66.1 cm³/mol. The first-order valence-electron chi connectivity index (χ1n) is 4.79. The normalized spacial score (nSPS) is 12.1. The van der Waals surface area contributed by atoms with Crippen LogP contribution in [-0.2, 0) is 0 Å². The topological polar surface area (TPSA) is 26.0 Å². The molecule has 0 heterocycles. The molecule has 0 bridgehead atoms. The molecule has 1 nitrogen and oxygen atoms in total. The molecule has 1 unspecified atom stereocenters. The predicted octanol–water partition coefficient (Wildman–Crippen LogP) is 3.80. The molecule has 15 heavy (non-hydrogen) atoms. The first-order chi connectivity index (χ1) is 7.16. The van der Waals surface area contributed by atoms with Crippen molar-refractivity contribution in [2.75, 3.05) is 0 Å². The van der Waals surface area contributed by atoms with Crippen molar-refractivity contribution < 1.29 is 0 Å². The van der Waals surface area contributed by atoms with E-state index >= 15 is 0 Å². The Balaban J connectivity index is 2.70. The molecule has 1 rings (SSSR count). The fourth-order valence-corrected chi connectivity index (χ4v) is 1.83. The number of hydrogen-bond acceptors (Lipinski definition) is 1. The van der Waals surface area contributed by atoms with E-state index in [2.05, 4.69) is 5.92 Å². The van der Waals surface area contributed by atoms with E-state index in [-0.39, 0.29) is 6.04 Å². The second-order valence-electron chi connectivity index (χ2n) is 3.35. The second kappa shape index (κ2) is 6.02. The largest absolute Gasteiger partial charge is 0.324 e. The molecule has 80 valence electrons. The van der Waals surface area contributed by atoms with E-state index < -0.39 is 0 Å². The molecule has 1 aromatic carbocycles. The summed E-state index contributed by atoms with van der Waals surface area (Å²) in [5, 5.41) is 1.09. The Morgan fingerprint density at radius 1 is 1.40 bits per heavy atom. The van der Waals surface area contributed by atoms with Gasteiger partial charge in [-0.3, -0.25) is 0 Å². The van der Waals surface area contributed by atoms with Crippen LogP contribution in [-0.4, -0.2) is 0 Å². The van der Waals surface area contributed by atoms with E-state index in [0.717, 1.165) is 24.8 Å². The average Bonchev–Trinajstić information content (AvgIpc) is 2.22. The highest BCUT2D eigenvalue weighted by Gasteiger charge is 2.11. The molecular weight excluding hydrogens is 229 g/mol. The van der Waals surface area contributed by atoms with E-state index in [1.54, 1.807) is 6.07 Å². The summed E-state index contributed by atoms with van der Waals surface area (Å²) in [6, 6.07) is 5.41. The number of benzene rings is 1. The van der Waals surface area contributed by atoms with E-state index in [1.807, 2.05) is 12.1 Å². The molecular formula is C12H13Cl2N. The minimum atomic E-state index is -0.0930. The third-order valence-electron chi connectivity index (χ3n) is 2.22. The number of rotatable bonds is 4. The molecule has 0 radical (unpaired) electrons. The van der Waals surface area contributed by atoms with Crippen molar-refractivity contribution in [3.63, 3.8) is 0 Å². The monoisotopic (exact) mass is 241 g/mol. The number of nitrogens with two attached hydrogens (primary N) is 1. The van der Waals surface area contributed by atoms with Crippen LogP contribution in [0.5, 0.6) is 0 Å². The van der Waals surface area contributed by atoms with Gasteiger partial charge in [-0.15, -0.1) is 12.3 Å². The zero-order chi connectivity index (χ0) is 11.3. The molecule has 0 aliphatic rings. The third kappa shape index (κ3) is 3.43. The van der Waals surface area contributed by atoms with Crippen LogP contribution < -0.4 is 5.73 Å². The van der Waals surface area contributed by atoms with Crippen molar-refractivity contribution in [3.8, 4) is 12.3 Å². The van der Waals surface area contributed by atoms with Gasteiger partial charge in [0.25, 0.3) is 0 Å². The Bertz CT molecular complexity index is 368. The lowest BCUT2D eigenvalue weighted by Gasteiger charge is -2.13. The Labute approximate surface area is 101 Å². The Kier molecular flexibility index (Phi) is 4.98. The van der Waals surface area contributed by atoms with Gasteiger partial charge in [0.1, 0.15) is 0 Å². The van der Waals surface area contributed by atoms with Gasteiger partial charge in [0.2, 0.25) is 0 Å². The summed E-state index contributed by atoms with van der Waals surface area (Å²) in [6.07, 6.45) is 7.64. The molecule has 0 spiro atoms. The van der Waals surface area contributed by atoms with Crippen LogP contribution in [0.2, 0.25) is 10.0 Å². The van der Waals surface area contributed by atoms with Crippen LogP contribution in [0.25, 0.3) is 0 Å². The maximum Gasteiger partial charge on any atom is 0.0639 e. The first-order valence-corrected chi connectivity index (χ1v) is 5.55. The minimum absolute atomic E-state index is 0.0930. The molecule has 0 saturated carbocycles. The number of hydrogen-bond donors (Lipinski definition) is 1. The Morgan fingerprint density at radius 2 is 2.13 bits per heavy atom. The van der Waals surface area contributed by atoms with Gasteiger partial charge in [-0.05, 0) is 24.5 Å². The van der Waals surface area contributed by atoms with Crippen molar-refractivity contribution in [3.05, 3.63) is 33.8 Å². The summed E-state index contributed by atoms with van der Waals surface area (Å²) < 4.78 is 0. The summed E-state index contributed by atoms with van der Waals surface area (Å²) in [5.74, 6) is 2.59. The lowest BCUT2D eigenvalue weighted by molar-refractivity contribution is 0.621. The molecule has 3 heteroatoms. The minimum Gasteiger partial charge on any atom is -0.324 e. The number of unbranched alkanes of at least 4 members (excludes halogenated alkanes) is 1. The second-order valence-corrected chi connectivity index (χ2v) is 4.13. The van der Waals surface area contributed by atoms with Crippen LogP contribution in [0.15, 0.2) is 18.2 Å². The maximum atomic E-state index is 6.05. The summed E-state index contributed by atoms with van der Waals surface area (Å²) >= 11 is 11.9. The van der Waals surface area contributed by atoms with Gasteiger partial charge in [-0.1, -0.05) is 35.3 Å². The van der Waals surface area contributed by atoms with E-state index in [0.29, 0.717) is 10.0 Å². The van der Waals surface area contributed by atoms with Crippen molar-refractivity contribution in [1.29, 1.82) is 0 Å². The molecule has 0 aliphatic heterocycles. The van der Waals surface area contributed by atoms with Gasteiger partial charge < -0.3 is 5.73 Å². The van der Waals surface area contributed by atoms with Gasteiger partial charge in [-0.25, -0.2) is 0 Å². The molecule has 2 N–H and O–H groups in total. The van der Waals surface area contributed by atoms with Crippen LogP contribution in [0.3, 0.4) is 0 Å². The first kappa shape index (κ1) is 12.4. The summed E-state index contributed by atoms with van der Waals surface area (Å²) in [4.78, 5) is 0. The summed E-state index contributed by atoms with van der Waals surface area (Å²) in [7, 11) is 0. The van der Waals surface area contributed by atoms with Crippen LogP contribution in [0, 0.1) is 12.3 Å². The van der Waals surface area contributed by atoms with Crippen molar-refractivity contribution in [2.45, 2.75) is 25.3 Å². The van der Waals surface area contributed by atoms with E-state index in [1.165, 1.54) is 0 Å². The molecule has 1 aromatic rings. The smallest absolute Gasteiger partial charge is 0.0639 e. The zero-order valence-corrected chi connectivity index (χ0v) is 9.85. The van der Waals surface area contributed by atoms with Crippen molar-refractivity contribution >= 4 is 23.2 Å². The molecule has 0 aromatic heterocycles. The van der Waals surface area contributed by atoms with Gasteiger partial charge in [0.15, 0.2) is 0 Å². The zero-order valence-electron chi connectivity index (χ0n) is 8.34. The van der Waals surface area contributed by atoms with Gasteiger partial charge in [-0.2, -0.15) is 0 Å². The molecule has 0 amide bonds.